The monoisotopic (exact) mass is 382 g/mol. The lowest BCUT2D eigenvalue weighted by molar-refractivity contribution is 0.0698. The van der Waals surface area contributed by atoms with Gasteiger partial charge in [0.25, 0.3) is 0 Å². The quantitative estimate of drug-likeness (QED) is 0.614. The SMILES string of the molecule is COc1ccc(-c2onc(N(C)CCC(O)c3ccccc3)c2C(=O)O)cc1. The van der Waals surface area contributed by atoms with Gasteiger partial charge in [-0.2, -0.15) is 0 Å². The first kappa shape index (κ1) is 19.4. The Balaban J connectivity index is 1.79. The van der Waals surface area contributed by atoms with E-state index in [0.717, 1.165) is 5.56 Å². The van der Waals surface area contributed by atoms with Crippen molar-refractivity contribution in [3.8, 4) is 17.1 Å². The molecule has 0 amide bonds. The molecule has 3 rings (SSSR count). The van der Waals surface area contributed by atoms with E-state index in [0.29, 0.717) is 24.3 Å². The Morgan fingerprint density at radius 2 is 1.86 bits per heavy atom. The van der Waals surface area contributed by atoms with Gasteiger partial charge in [0.05, 0.1) is 13.2 Å². The Morgan fingerprint density at radius 3 is 2.46 bits per heavy atom. The number of carboxylic acids is 1. The summed E-state index contributed by atoms with van der Waals surface area (Å²) < 4.78 is 10.5. The highest BCUT2D eigenvalue weighted by atomic mass is 16.5. The minimum absolute atomic E-state index is 0.0122. The van der Waals surface area contributed by atoms with Crippen LogP contribution in [-0.2, 0) is 0 Å². The molecule has 0 fully saturated rings. The zero-order valence-corrected chi connectivity index (χ0v) is 15.7. The summed E-state index contributed by atoms with van der Waals surface area (Å²) in [6, 6.07) is 16.2. The summed E-state index contributed by atoms with van der Waals surface area (Å²) in [5.41, 5.74) is 1.39. The van der Waals surface area contributed by atoms with Crippen LogP contribution in [0.3, 0.4) is 0 Å². The molecule has 0 aliphatic carbocycles. The number of hydrogen-bond acceptors (Lipinski definition) is 6. The Kier molecular flexibility index (Phi) is 5.96. The molecule has 2 N–H and O–H groups in total. The minimum atomic E-state index is -1.13. The molecule has 28 heavy (non-hydrogen) atoms. The maximum absolute atomic E-state index is 11.9. The maximum atomic E-state index is 11.9. The summed E-state index contributed by atoms with van der Waals surface area (Å²) in [5, 5.41) is 24.0. The molecule has 0 spiro atoms. The van der Waals surface area contributed by atoms with Crippen LogP contribution in [0.15, 0.2) is 59.1 Å². The fourth-order valence-electron chi connectivity index (χ4n) is 2.94. The van der Waals surface area contributed by atoms with Crippen molar-refractivity contribution in [1.29, 1.82) is 0 Å². The molecule has 0 bridgehead atoms. The molecule has 0 aliphatic rings. The molecule has 3 aromatic rings. The second-order valence-electron chi connectivity index (χ2n) is 6.38. The van der Waals surface area contributed by atoms with Gasteiger partial charge < -0.3 is 24.4 Å². The van der Waals surface area contributed by atoms with E-state index in [4.69, 9.17) is 9.26 Å². The maximum Gasteiger partial charge on any atom is 0.343 e. The Labute approximate surface area is 162 Å². The van der Waals surface area contributed by atoms with Crippen molar-refractivity contribution < 1.29 is 24.3 Å². The Hall–Kier alpha value is -3.32. The first-order valence-corrected chi connectivity index (χ1v) is 8.82. The molecule has 2 aromatic carbocycles. The van der Waals surface area contributed by atoms with E-state index in [1.807, 2.05) is 30.3 Å². The lowest BCUT2D eigenvalue weighted by atomic mass is 10.1. The fraction of sp³-hybridized carbons (Fsp3) is 0.238. The highest BCUT2D eigenvalue weighted by Gasteiger charge is 2.26. The number of carbonyl (C=O) groups is 1. The van der Waals surface area contributed by atoms with Crippen molar-refractivity contribution in [1.82, 2.24) is 5.16 Å². The summed E-state index contributed by atoms with van der Waals surface area (Å²) in [7, 11) is 3.28. The molecule has 1 atom stereocenters. The summed E-state index contributed by atoms with van der Waals surface area (Å²) in [4.78, 5) is 13.5. The zero-order chi connectivity index (χ0) is 20.1. The van der Waals surface area contributed by atoms with E-state index < -0.39 is 12.1 Å². The van der Waals surface area contributed by atoms with Crippen molar-refractivity contribution in [2.45, 2.75) is 12.5 Å². The summed E-state index contributed by atoms with van der Waals surface area (Å²) in [5.74, 6) is -0.0657. The van der Waals surface area contributed by atoms with Gasteiger partial charge in [-0.25, -0.2) is 4.79 Å². The number of rotatable bonds is 8. The Bertz CT molecular complexity index is 922. The van der Waals surface area contributed by atoms with Gasteiger partial charge in [-0.1, -0.05) is 35.5 Å². The molecule has 1 unspecified atom stereocenters. The van der Waals surface area contributed by atoms with Gasteiger partial charge in [0.2, 0.25) is 0 Å². The normalized spacial score (nSPS) is 11.8. The van der Waals surface area contributed by atoms with Crippen molar-refractivity contribution >= 4 is 11.8 Å². The van der Waals surface area contributed by atoms with Gasteiger partial charge in [0.15, 0.2) is 17.1 Å². The molecule has 7 nitrogen and oxygen atoms in total. The summed E-state index contributed by atoms with van der Waals surface area (Å²) >= 11 is 0. The highest BCUT2D eigenvalue weighted by Crippen LogP contribution is 2.32. The topological polar surface area (TPSA) is 96.0 Å². The number of aromatic nitrogens is 1. The summed E-state index contributed by atoms with van der Waals surface area (Å²) in [6.45, 7) is 0.408. The van der Waals surface area contributed by atoms with Crippen molar-refractivity contribution in [2.75, 3.05) is 25.6 Å². The van der Waals surface area contributed by atoms with Gasteiger partial charge in [-0.15, -0.1) is 0 Å². The number of nitrogens with zero attached hydrogens (tertiary/aromatic N) is 2. The van der Waals surface area contributed by atoms with Gasteiger partial charge >= 0.3 is 5.97 Å². The van der Waals surface area contributed by atoms with Crippen molar-refractivity contribution in [3.05, 3.63) is 65.7 Å². The van der Waals surface area contributed by atoms with Crippen LogP contribution < -0.4 is 9.64 Å². The highest BCUT2D eigenvalue weighted by molar-refractivity contribution is 5.99. The number of aliphatic hydroxyl groups is 1. The third-order valence-electron chi connectivity index (χ3n) is 4.52. The lowest BCUT2D eigenvalue weighted by Crippen LogP contribution is -2.23. The van der Waals surface area contributed by atoms with Crippen LogP contribution in [0.1, 0.15) is 28.4 Å². The van der Waals surface area contributed by atoms with Crippen LogP contribution in [0.4, 0.5) is 5.82 Å². The van der Waals surface area contributed by atoms with Crippen LogP contribution in [0, 0.1) is 0 Å². The smallest absolute Gasteiger partial charge is 0.343 e. The van der Waals surface area contributed by atoms with E-state index in [1.54, 1.807) is 43.3 Å². The number of methoxy groups -OCH3 is 1. The van der Waals surface area contributed by atoms with E-state index in [2.05, 4.69) is 5.16 Å². The number of carboxylic acid groups (broad SMARTS) is 1. The average molecular weight is 382 g/mol. The van der Waals surface area contributed by atoms with E-state index in [9.17, 15) is 15.0 Å². The van der Waals surface area contributed by atoms with Crippen molar-refractivity contribution in [3.63, 3.8) is 0 Å². The number of anilines is 1. The van der Waals surface area contributed by atoms with Crippen LogP contribution in [0.2, 0.25) is 0 Å². The van der Waals surface area contributed by atoms with Crippen LogP contribution in [0.25, 0.3) is 11.3 Å². The van der Waals surface area contributed by atoms with Gasteiger partial charge in [-0.05, 0) is 36.2 Å². The lowest BCUT2D eigenvalue weighted by Gasteiger charge is -2.19. The molecular weight excluding hydrogens is 360 g/mol. The number of ether oxygens (including phenoxy) is 1. The molecule has 0 radical (unpaired) electrons. The summed E-state index contributed by atoms with van der Waals surface area (Å²) in [6.07, 6.45) is -0.227. The van der Waals surface area contributed by atoms with Gasteiger partial charge in [-0.3, -0.25) is 0 Å². The standard InChI is InChI=1S/C21H22N2O5/c1-23(13-12-17(24)14-6-4-3-5-7-14)20-18(21(25)26)19(28-22-20)15-8-10-16(27-2)11-9-15/h3-11,17,24H,12-13H2,1-2H3,(H,25,26). The number of benzene rings is 2. The first-order valence-electron chi connectivity index (χ1n) is 8.82. The molecule has 0 saturated heterocycles. The predicted molar refractivity (Wildman–Crippen MR) is 105 cm³/mol. The average Bonchev–Trinajstić information content (AvgIpc) is 3.18. The van der Waals surface area contributed by atoms with E-state index in [1.165, 1.54) is 0 Å². The van der Waals surface area contributed by atoms with Gasteiger partial charge in [0.1, 0.15) is 5.75 Å². The van der Waals surface area contributed by atoms with Gasteiger partial charge in [0, 0.05) is 19.2 Å². The molecule has 7 heteroatoms. The second kappa shape index (κ2) is 8.58. The third-order valence-corrected chi connectivity index (χ3v) is 4.52. The van der Waals surface area contributed by atoms with Crippen LogP contribution in [-0.4, -0.2) is 42.0 Å². The molecule has 0 aliphatic heterocycles. The van der Waals surface area contributed by atoms with Crippen LogP contribution in [0.5, 0.6) is 5.75 Å². The number of aliphatic hydroxyl groups excluding tert-OH is 1. The number of hydrogen-bond donors (Lipinski definition) is 2. The van der Waals surface area contributed by atoms with Crippen molar-refractivity contribution in [2.24, 2.45) is 0 Å². The van der Waals surface area contributed by atoms with E-state index in [-0.39, 0.29) is 17.1 Å². The molecular formula is C21H22N2O5. The zero-order valence-electron chi connectivity index (χ0n) is 15.7. The first-order chi connectivity index (χ1) is 13.5. The molecule has 0 saturated carbocycles. The predicted octanol–water partition coefficient (Wildman–Crippen LogP) is 3.61. The second-order valence-corrected chi connectivity index (χ2v) is 6.38. The minimum Gasteiger partial charge on any atom is -0.497 e. The molecule has 1 heterocycles. The Morgan fingerprint density at radius 1 is 1.18 bits per heavy atom. The third kappa shape index (κ3) is 4.15. The largest absolute Gasteiger partial charge is 0.497 e. The molecule has 146 valence electrons. The number of aromatic carboxylic acids is 1. The fourth-order valence-corrected chi connectivity index (χ4v) is 2.94. The van der Waals surface area contributed by atoms with Crippen LogP contribution >= 0.6 is 0 Å². The molecule has 1 aromatic heterocycles. The van der Waals surface area contributed by atoms with E-state index >= 15 is 0 Å².